The van der Waals surface area contributed by atoms with Crippen molar-refractivity contribution < 1.29 is 14.0 Å². The number of halogens is 1. The molecule has 0 bridgehead atoms. The number of aromatic nitrogens is 2. The number of primary amides is 1. The lowest BCUT2D eigenvalue weighted by molar-refractivity contribution is -0.120. The van der Waals surface area contributed by atoms with Crippen molar-refractivity contribution in [2.75, 3.05) is 11.9 Å². The van der Waals surface area contributed by atoms with Crippen LogP contribution in [0.4, 0.5) is 10.2 Å². The molecule has 0 spiro atoms. The summed E-state index contributed by atoms with van der Waals surface area (Å²) in [7, 11) is 0. The molecule has 0 saturated heterocycles. The highest BCUT2D eigenvalue weighted by Crippen LogP contribution is 2.23. The number of benzene rings is 1. The number of nitrogens with one attached hydrogen (secondary N) is 2. The van der Waals surface area contributed by atoms with Gasteiger partial charge in [0.2, 0.25) is 5.91 Å². The molecule has 0 saturated carbocycles. The predicted octanol–water partition coefficient (Wildman–Crippen LogP) is 2.64. The van der Waals surface area contributed by atoms with E-state index in [9.17, 15) is 14.0 Å². The molecule has 7 nitrogen and oxygen atoms in total. The van der Waals surface area contributed by atoms with Crippen molar-refractivity contribution in [3.05, 3.63) is 53.5 Å². The van der Waals surface area contributed by atoms with Gasteiger partial charge < -0.3 is 16.4 Å². The Bertz CT molecular complexity index is 835. The second kappa shape index (κ2) is 9.45. The largest absolute Gasteiger partial charge is 0.368 e. The molecule has 0 aliphatic carbocycles. The van der Waals surface area contributed by atoms with Gasteiger partial charge in [-0.2, -0.15) is 0 Å². The zero-order valence-corrected chi connectivity index (χ0v) is 17.2. The molecular formula is C21H28FN5O2. The van der Waals surface area contributed by atoms with Crippen molar-refractivity contribution in [2.45, 2.75) is 45.6 Å². The first-order valence-electron chi connectivity index (χ1n) is 9.52. The number of amides is 2. The topological polar surface area (TPSA) is 110 Å². The molecule has 156 valence electrons. The maximum absolute atomic E-state index is 13.1. The van der Waals surface area contributed by atoms with E-state index >= 15 is 0 Å². The molecule has 0 aliphatic heterocycles. The van der Waals surface area contributed by atoms with E-state index in [-0.39, 0.29) is 22.8 Å². The van der Waals surface area contributed by atoms with Crippen molar-refractivity contribution >= 4 is 17.6 Å². The molecule has 0 radical (unpaired) electrons. The normalized spacial score (nSPS) is 12.5. The summed E-state index contributed by atoms with van der Waals surface area (Å²) >= 11 is 0. The molecule has 1 heterocycles. The van der Waals surface area contributed by atoms with Gasteiger partial charge in [0, 0.05) is 12.0 Å². The zero-order valence-electron chi connectivity index (χ0n) is 17.2. The van der Waals surface area contributed by atoms with Gasteiger partial charge in [-0.3, -0.25) is 9.59 Å². The number of hydrogen-bond donors (Lipinski definition) is 3. The standard InChI is InChI=1S/C21H28FN5O2/c1-13(2)11-17(19(23)28)25-20(29)16-9-10-18(27-26-16)24-12-21(3,4)14-5-7-15(22)8-6-14/h5-10,13,17H,11-12H2,1-4H3,(H2,23,28)(H,24,27)(H,25,29). The third-order valence-corrected chi connectivity index (χ3v) is 4.59. The minimum atomic E-state index is -0.751. The second-order valence-corrected chi connectivity index (χ2v) is 8.11. The van der Waals surface area contributed by atoms with E-state index in [1.807, 2.05) is 27.7 Å². The van der Waals surface area contributed by atoms with Gasteiger partial charge in [0.25, 0.3) is 5.91 Å². The van der Waals surface area contributed by atoms with Crippen molar-refractivity contribution in [2.24, 2.45) is 11.7 Å². The van der Waals surface area contributed by atoms with Crippen LogP contribution in [-0.4, -0.2) is 34.6 Å². The number of hydrogen-bond acceptors (Lipinski definition) is 5. The van der Waals surface area contributed by atoms with Crippen LogP contribution in [0.5, 0.6) is 0 Å². The van der Waals surface area contributed by atoms with Gasteiger partial charge in [0.05, 0.1) is 0 Å². The molecular weight excluding hydrogens is 373 g/mol. The monoisotopic (exact) mass is 401 g/mol. The van der Waals surface area contributed by atoms with Gasteiger partial charge in [-0.1, -0.05) is 39.8 Å². The summed E-state index contributed by atoms with van der Waals surface area (Å²) in [4.78, 5) is 23.8. The van der Waals surface area contributed by atoms with Gasteiger partial charge >= 0.3 is 0 Å². The maximum atomic E-state index is 13.1. The molecule has 8 heteroatoms. The molecule has 29 heavy (non-hydrogen) atoms. The second-order valence-electron chi connectivity index (χ2n) is 8.11. The Balaban J connectivity index is 1.98. The Morgan fingerprint density at radius 1 is 1.10 bits per heavy atom. The highest BCUT2D eigenvalue weighted by Gasteiger charge is 2.22. The lowest BCUT2D eigenvalue weighted by Crippen LogP contribution is -2.45. The van der Waals surface area contributed by atoms with Crippen LogP contribution in [0.3, 0.4) is 0 Å². The van der Waals surface area contributed by atoms with E-state index < -0.39 is 17.9 Å². The number of nitrogens with zero attached hydrogens (tertiary/aromatic N) is 2. The van der Waals surface area contributed by atoms with Gasteiger partial charge in [-0.25, -0.2) is 4.39 Å². The number of rotatable bonds is 9. The molecule has 2 rings (SSSR count). The van der Waals surface area contributed by atoms with Crippen LogP contribution < -0.4 is 16.4 Å². The SMILES string of the molecule is CC(C)CC(NC(=O)c1ccc(NCC(C)(C)c2ccc(F)cc2)nn1)C(N)=O. The first-order chi connectivity index (χ1) is 13.6. The van der Waals surface area contributed by atoms with Crippen LogP contribution in [-0.2, 0) is 10.2 Å². The summed E-state index contributed by atoms with van der Waals surface area (Å²) in [6.45, 7) is 8.48. The Kier molecular flexibility index (Phi) is 7.25. The zero-order chi connectivity index (χ0) is 21.6. The molecule has 2 amide bonds. The molecule has 4 N–H and O–H groups in total. The Morgan fingerprint density at radius 2 is 1.76 bits per heavy atom. The first-order valence-corrected chi connectivity index (χ1v) is 9.52. The van der Waals surface area contributed by atoms with Crippen LogP contribution in [0.15, 0.2) is 36.4 Å². The Morgan fingerprint density at radius 3 is 2.28 bits per heavy atom. The number of anilines is 1. The number of carbonyl (C=O) groups is 2. The molecule has 1 atom stereocenters. The summed E-state index contributed by atoms with van der Waals surface area (Å²) in [6.07, 6.45) is 0.451. The van der Waals surface area contributed by atoms with Crippen molar-refractivity contribution in [3.63, 3.8) is 0 Å². The molecule has 0 fully saturated rings. The summed E-state index contributed by atoms with van der Waals surface area (Å²) in [6, 6.07) is 8.79. The average Bonchev–Trinajstić information content (AvgIpc) is 2.66. The van der Waals surface area contributed by atoms with E-state index in [2.05, 4.69) is 20.8 Å². The lowest BCUT2D eigenvalue weighted by atomic mass is 9.84. The van der Waals surface area contributed by atoms with Crippen LogP contribution in [0.25, 0.3) is 0 Å². The Labute approximate surface area is 170 Å². The fraction of sp³-hybridized carbons (Fsp3) is 0.429. The quantitative estimate of drug-likeness (QED) is 0.598. The van der Waals surface area contributed by atoms with Crippen molar-refractivity contribution in [1.82, 2.24) is 15.5 Å². The lowest BCUT2D eigenvalue weighted by Gasteiger charge is -2.25. The minimum Gasteiger partial charge on any atom is -0.368 e. The highest BCUT2D eigenvalue weighted by atomic mass is 19.1. The van der Waals surface area contributed by atoms with E-state index in [0.29, 0.717) is 18.8 Å². The smallest absolute Gasteiger partial charge is 0.272 e. The number of carbonyl (C=O) groups excluding carboxylic acids is 2. The molecule has 2 aromatic rings. The number of nitrogens with two attached hydrogens (primary N) is 1. The predicted molar refractivity (Wildman–Crippen MR) is 110 cm³/mol. The van der Waals surface area contributed by atoms with E-state index in [0.717, 1.165) is 5.56 Å². The molecule has 0 aliphatic rings. The molecule has 1 unspecified atom stereocenters. The third-order valence-electron chi connectivity index (χ3n) is 4.59. The van der Waals surface area contributed by atoms with Gasteiger partial charge in [-0.05, 0) is 42.2 Å². The average molecular weight is 401 g/mol. The fourth-order valence-corrected chi connectivity index (χ4v) is 2.81. The first kappa shape index (κ1) is 22.3. The van der Waals surface area contributed by atoms with E-state index in [1.165, 1.54) is 18.2 Å². The summed E-state index contributed by atoms with van der Waals surface area (Å²) < 4.78 is 13.1. The van der Waals surface area contributed by atoms with Gasteiger partial charge in [-0.15, -0.1) is 10.2 Å². The van der Waals surface area contributed by atoms with E-state index in [1.54, 1.807) is 18.2 Å². The van der Waals surface area contributed by atoms with E-state index in [4.69, 9.17) is 5.73 Å². The minimum absolute atomic E-state index is 0.100. The summed E-state index contributed by atoms with van der Waals surface area (Å²) in [5.41, 5.74) is 6.17. The Hall–Kier alpha value is -3.03. The van der Waals surface area contributed by atoms with Crippen LogP contribution in [0.1, 0.15) is 50.2 Å². The van der Waals surface area contributed by atoms with Crippen LogP contribution >= 0.6 is 0 Å². The third kappa shape index (κ3) is 6.51. The summed E-state index contributed by atoms with van der Waals surface area (Å²) in [5, 5.41) is 13.7. The van der Waals surface area contributed by atoms with Crippen molar-refractivity contribution in [1.29, 1.82) is 0 Å². The maximum Gasteiger partial charge on any atom is 0.272 e. The highest BCUT2D eigenvalue weighted by molar-refractivity contribution is 5.95. The summed E-state index contributed by atoms with van der Waals surface area (Å²) in [5.74, 6) is -0.647. The molecule has 1 aromatic heterocycles. The van der Waals surface area contributed by atoms with Gasteiger partial charge in [0.15, 0.2) is 5.69 Å². The van der Waals surface area contributed by atoms with Crippen LogP contribution in [0, 0.1) is 11.7 Å². The fourth-order valence-electron chi connectivity index (χ4n) is 2.81. The molecule has 1 aromatic carbocycles. The van der Waals surface area contributed by atoms with Crippen molar-refractivity contribution in [3.8, 4) is 0 Å². The van der Waals surface area contributed by atoms with Gasteiger partial charge in [0.1, 0.15) is 17.7 Å². The van der Waals surface area contributed by atoms with Crippen LogP contribution in [0.2, 0.25) is 0 Å².